The van der Waals surface area contributed by atoms with Gasteiger partial charge in [0.15, 0.2) is 5.88 Å². The first-order chi connectivity index (χ1) is 9.79. The smallest absolute Gasteiger partial charge is 0.326 e. The third kappa shape index (κ3) is 5.35. The highest BCUT2D eigenvalue weighted by Crippen LogP contribution is 2.07. The zero-order valence-electron chi connectivity index (χ0n) is 10.8. The summed E-state index contributed by atoms with van der Waals surface area (Å²) >= 11 is 0. The minimum Gasteiger partial charge on any atom is -0.494 e. The number of carbonyl (C=O) groups excluding carboxylic acids is 1. The quantitative estimate of drug-likeness (QED) is 0.455. The fourth-order valence-corrected chi connectivity index (χ4v) is 1.62. The number of carboxylic acid groups (broad SMARTS) is 2. The van der Waals surface area contributed by atoms with E-state index in [1.165, 1.54) is 0 Å². The van der Waals surface area contributed by atoms with E-state index in [0.29, 0.717) is 0 Å². The molecule has 5 N–H and O–H groups in total. The van der Waals surface area contributed by atoms with Gasteiger partial charge in [0.05, 0.1) is 5.56 Å². The number of aromatic hydroxyl groups is 1. The van der Waals surface area contributed by atoms with Crippen molar-refractivity contribution in [1.82, 2.24) is 10.3 Å². The molecule has 0 spiro atoms. The second kappa shape index (κ2) is 7.08. The lowest BCUT2D eigenvalue weighted by molar-refractivity contribution is -0.140. The standard InChI is InChI=1S/C12H14N2O7/c15-8-4-6(5-9(16)14-8)11(19)13-7(12(20)21)2-1-3-10(17)18/h4-5,7H,1-3H2,(H,13,19)(H,17,18)(H,20,21)(H2,14,15,16)/t7-/m1/s1. The summed E-state index contributed by atoms with van der Waals surface area (Å²) in [4.78, 5) is 46.3. The molecule has 1 rings (SSSR count). The highest BCUT2D eigenvalue weighted by atomic mass is 16.4. The maximum absolute atomic E-state index is 11.8. The van der Waals surface area contributed by atoms with Crippen molar-refractivity contribution >= 4 is 17.8 Å². The molecule has 0 aliphatic rings. The first-order valence-corrected chi connectivity index (χ1v) is 5.98. The van der Waals surface area contributed by atoms with Gasteiger partial charge in [0.1, 0.15) is 6.04 Å². The molecule has 0 saturated carbocycles. The van der Waals surface area contributed by atoms with Gasteiger partial charge in [0, 0.05) is 18.6 Å². The second-order valence-electron chi connectivity index (χ2n) is 4.27. The summed E-state index contributed by atoms with van der Waals surface area (Å²) in [7, 11) is 0. The van der Waals surface area contributed by atoms with Crippen LogP contribution in [0.3, 0.4) is 0 Å². The molecular weight excluding hydrogens is 284 g/mol. The van der Waals surface area contributed by atoms with E-state index in [0.717, 1.165) is 12.1 Å². The van der Waals surface area contributed by atoms with Crippen LogP contribution in [0.4, 0.5) is 0 Å². The third-order valence-electron chi connectivity index (χ3n) is 2.58. The monoisotopic (exact) mass is 298 g/mol. The number of hydrogen-bond acceptors (Lipinski definition) is 5. The highest BCUT2D eigenvalue weighted by molar-refractivity contribution is 5.96. The van der Waals surface area contributed by atoms with Crippen LogP contribution in [0.1, 0.15) is 29.6 Å². The van der Waals surface area contributed by atoms with E-state index in [1.54, 1.807) is 0 Å². The van der Waals surface area contributed by atoms with Crippen molar-refractivity contribution in [2.24, 2.45) is 0 Å². The van der Waals surface area contributed by atoms with Gasteiger partial charge in [0.2, 0.25) is 0 Å². The van der Waals surface area contributed by atoms with Crippen LogP contribution in [0.25, 0.3) is 0 Å². The summed E-state index contributed by atoms with van der Waals surface area (Å²) < 4.78 is 0. The van der Waals surface area contributed by atoms with Crippen LogP contribution in [0.2, 0.25) is 0 Å². The molecule has 0 saturated heterocycles. The van der Waals surface area contributed by atoms with Gasteiger partial charge in [-0.3, -0.25) is 19.4 Å². The molecule has 0 fully saturated rings. The van der Waals surface area contributed by atoms with Crippen molar-refractivity contribution in [1.29, 1.82) is 0 Å². The number of rotatable bonds is 7. The molecule has 9 nitrogen and oxygen atoms in total. The van der Waals surface area contributed by atoms with E-state index >= 15 is 0 Å². The molecule has 1 amide bonds. The zero-order chi connectivity index (χ0) is 16.0. The Kier molecular flexibility index (Phi) is 5.47. The van der Waals surface area contributed by atoms with Gasteiger partial charge >= 0.3 is 11.9 Å². The molecule has 0 aromatic carbocycles. The lowest BCUT2D eigenvalue weighted by Gasteiger charge is -2.14. The Morgan fingerprint density at radius 1 is 1.24 bits per heavy atom. The molecule has 21 heavy (non-hydrogen) atoms. The molecule has 1 heterocycles. The number of pyridine rings is 1. The van der Waals surface area contributed by atoms with Crippen molar-refractivity contribution in [2.45, 2.75) is 25.3 Å². The summed E-state index contributed by atoms with van der Waals surface area (Å²) in [6, 6.07) is 0.608. The highest BCUT2D eigenvalue weighted by Gasteiger charge is 2.21. The summed E-state index contributed by atoms with van der Waals surface area (Å²) in [6.45, 7) is 0. The Morgan fingerprint density at radius 2 is 1.90 bits per heavy atom. The van der Waals surface area contributed by atoms with Gasteiger partial charge in [-0.25, -0.2) is 4.79 Å². The molecule has 0 aliphatic heterocycles. The molecule has 0 unspecified atom stereocenters. The molecule has 0 aliphatic carbocycles. The molecule has 114 valence electrons. The SMILES string of the molecule is O=C(O)CCC[C@@H](NC(=O)c1cc(O)[nH]c(=O)c1)C(=O)O. The van der Waals surface area contributed by atoms with E-state index in [-0.39, 0.29) is 24.8 Å². The first kappa shape index (κ1) is 16.2. The largest absolute Gasteiger partial charge is 0.494 e. The molecule has 0 bridgehead atoms. The number of aromatic nitrogens is 1. The fourth-order valence-electron chi connectivity index (χ4n) is 1.62. The van der Waals surface area contributed by atoms with Gasteiger partial charge in [-0.05, 0) is 12.8 Å². The number of H-pyrrole nitrogens is 1. The Morgan fingerprint density at radius 3 is 2.43 bits per heavy atom. The van der Waals surface area contributed by atoms with Crippen LogP contribution in [-0.2, 0) is 9.59 Å². The predicted octanol–water partition coefficient (Wildman–Crippen LogP) is -0.482. The van der Waals surface area contributed by atoms with E-state index in [2.05, 4.69) is 5.32 Å². The minimum atomic E-state index is -1.32. The molecule has 1 aromatic rings. The summed E-state index contributed by atoms with van der Waals surface area (Å²) in [5.74, 6) is -3.75. The normalized spacial score (nSPS) is 11.6. The summed E-state index contributed by atoms with van der Waals surface area (Å²) in [6.07, 6.45) is -0.207. The first-order valence-electron chi connectivity index (χ1n) is 5.98. The summed E-state index contributed by atoms with van der Waals surface area (Å²) in [5, 5.41) is 28.8. The van der Waals surface area contributed by atoms with Crippen LogP contribution in [-0.4, -0.2) is 44.2 Å². The Hall–Kier alpha value is -2.84. The van der Waals surface area contributed by atoms with Crippen molar-refractivity contribution in [2.75, 3.05) is 0 Å². The van der Waals surface area contributed by atoms with Crippen LogP contribution in [0, 0.1) is 0 Å². The summed E-state index contributed by atoms with van der Waals surface area (Å²) in [5.41, 5.74) is -0.904. The molecule has 1 aromatic heterocycles. The molecule has 0 radical (unpaired) electrons. The zero-order valence-corrected chi connectivity index (χ0v) is 10.8. The van der Waals surface area contributed by atoms with Crippen molar-refractivity contribution in [3.8, 4) is 5.88 Å². The second-order valence-corrected chi connectivity index (χ2v) is 4.27. The topological polar surface area (TPSA) is 157 Å². The Bertz CT molecular complexity index is 608. The average Bonchev–Trinajstić information content (AvgIpc) is 2.35. The van der Waals surface area contributed by atoms with Crippen molar-refractivity contribution in [3.63, 3.8) is 0 Å². The number of aromatic amines is 1. The van der Waals surface area contributed by atoms with Crippen LogP contribution in [0.15, 0.2) is 16.9 Å². The van der Waals surface area contributed by atoms with Crippen LogP contribution >= 0.6 is 0 Å². The number of hydrogen-bond donors (Lipinski definition) is 5. The third-order valence-corrected chi connectivity index (χ3v) is 2.58. The van der Waals surface area contributed by atoms with Gasteiger partial charge in [-0.1, -0.05) is 0 Å². The van der Waals surface area contributed by atoms with Crippen LogP contribution in [0.5, 0.6) is 5.88 Å². The number of aliphatic carboxylic acids is 2. The Balaban J connectivity index is 2.74. The number of carboxylic acids is 2. The predicted molar refractivity (Wildman–Crippen MR) is 69.1 cm³/mol. The van der Waals surface area contributed by atoms with Gasteiger partial charge in [-0.2, -0.15) is 0 Å². The lowest BCUT2D eigenvalue weighted by atomic mass is 10.1. The Labute approximate surface area is 118 Å². The number of carbonyl (C=O) groups is 3. The molecule has 1 atom stereocenters. The van der Waals surface area contributed by atoms with E-state index in [1.807, 2.05) is 4.98 Å². The average molecular weight is 298 g/mol. The van der Waals surface area contributed by atoms with Gasteiger partial charge < -0.3 is 20.6 Å². The molecular formula is C12H14N2O7. The fraction of sp³-hybridized carbons (Fsp3) is 0.333. The maximum atomic E-state index is 11.8. The van der Waals surface area contributed by atoms with E-state index in [4.69, 9.17) is 10.2 Å². The van der Waals surface area contributed by atoms with E-state index in [9.17, 15) is 24.3 Å². The minimum absolute atomic E-state index is 0.0669. The number of nitrogens with one attached hydrogen (secondary N) is 2. The molecule has 9 heteroatoms. The van der Waals surface area contributed by atoms with Crippen molar-refractivity contribution < 1.29 is 29.7 Å². The number of amides is 1. The van der Waals surface area contributed by atoms with Gasteiger partial charge in [-0.15, -0.1) is 0 Å². The van der Waals surface area contributed by atoms with Gasteiger partial charge in [0.25, 0.3) is 11.5 Å². The van der Waals surface area contributed by atoms with Crippen molar-refractivity contribution in [3.05, 3.63) is 28.0 Å². The van der Waals surface area contributed by atoms with E-state index < -0.39 is 35.3 Å². The maximum Gasteiger partial charge on any atom is 0.326 e. The lowest BCUT2D eigenvalue weighted by Crippen LogP contribution is -2.41. The van der Waals surface area contributed by atoms with Crippen LogP contribution < -0.4 is 10.9 Å².